The highest BCUT2D eigenvalue weighted by molar-refractivity contribution is 8.26. The molecular weight excluding hydrogens is 354 g/mol. The molecule has 1 fully saturated rings. The van der Waals surface area contributed by atoms with E-state index >= 15 is 0 Å². The second kappa shape index (κ2) is 6.89. The summed E-state index contributed by atoms with van der Waals surface area (Å²) in [6.07, 6.45) is 1.42. The van der Waals surface area contributed by atoms with E-state index in [4.69, 9.17) is 12.2 Å². The predicted molar refractivity (Wildman–Crippen MR) is 91.3 cm³/mol. The van der Waals surface area contributed by atoms with E-state index in [1.54, 1.807) is 6.07 Å². The highest BCUT2D eigenvalue weighted by Crippen LogP contribution is 2.34. The molecule has 0 spiro atoms. The minimum atomic E-state index is -0.643. The van der Waals surface area contributed by atoms with Gasteiger partial charge in [0.15, 0.2) is 4.32 Å². The number of hydrogen-bond donors (Lipinski definition) is 0. The van der Waals surface area contributed by atoms with Crippen LogP contribution in [0.5, 0.6) is 0 Å². The van der Waals surface area contributed by atoms with Crippen molar-refractivity contribution >= 4 is 57.8 Å². The third-order valence-corrected chi connectivity index (χ3v) is 4.23. The zero-order chi connectivity index (χ0) is 18.0. The Balaban J connectivity index is 2.38. The van der Waals surface area contributed by atoms with Crippen LogP contribution in [-0.2, 0) is 14.4 Å². The van der Waals surface area contributed by atoms with E-state index in [1.165, 1.54) is 24.3 Å². The summed E-state index contributed by atoms with van der Waals surface area (Å²) in [5.41, 5.74) is 0.315. The maximum absolute atomic E-state index is 12.5. The first-order chi connectivity index (χ1) is 11.2. The molecule has 10 heteroatoms. The molecule has 1 heterocycles. The number of nitro benzene ring substituents is 1. The SMILES string of the molecule is CC(=O)N(C(C)=O)N1C(=O)C(=Cc2cccc([N+](=O)[O-])c2)SC1=S. The summed E-state index contributed by atoms with van der Waals surface area (Å²) in [6.45, 7) is 2.29. The zero-order valence-corrected chi connectivity index (χ0v) is 14.2. The van der Waals surface area contributed by atoms with Crippen molar-refractivity contribution in [2.24, 2.45) is 0 Å². The number of thiocarbonyl (C=S) groups is 1. The van der Waals surface area contributed by atoms with E-state index in [2.05, 4.69) is 0 Å². The molecule has 8 nitrogen and oxygen atoms in total. The van der Waals surface area contributed by atoms with E-state index < -0.39 is 22.6 Å². The van der Waals surface area contributed by atoms with Crippen molar-refractivity contribution < 1.29 is 19.3 Å². The molecule has 124 valence electrons. The highest BCUT2D eigenvalue weighted by atomic mass is 32.2. The van der Waals surface area contributed by atoms with Crippen LogP contribution >= 0.6 is 24.0 Å². The van der Waals surface area contributed by atoms with Crippen LogP contribution in [-0.4, -0.2) is 37.0 Å². The average molecular weight is 365 g/mol. The molecule has 24 heavy (non-hydrogen) atoms. The molecule has 0 unspecified atom stereocenters. The number of carbonyl (C=O) groups is 3. The molecule has 1 aliphatic heterocycles. The number of hydrazine groups is 1. The van der Waals surface area contributed by atoms with Crippen LogP contribution < -0.4 is 0 Å². The van der Waals surface area contributed by atoms with Gasteiger partial charge in [-0.05, 0) is 23.9 Å². The second-order valence-corrected chi connectivity index (χ2v) is 6.37. The van der Waals surface area contributed by atoms with Gasteiger partial charge in [-0.15, -0.1) is 0 Å². The fraction of sp³-hybridized carbons (Fsp3) is 0.143. The number of rotatable bonds is 3. The van der Waals surface area contributed by atoms with Crippen molar-refractivity contribution in [3.8, 4) is 0 Å². The molecule has 0 N–H and O–H groups in total. The largest absolute Gasteiger partial charge is 0.285 e. The van der Waals surface area contributed by atoms with Gasteiger partial charge in [-0.1, -0.05) is 23.9 Å². The van der Waals surface area contributed by atoms with E-state index in [9.17, 15) is 24.5 Å². The van der Waals surface area contributed by atoms with Crippen LogP contribution in [0.3, 0.4) is 0 Å². The summed E-state index contributed by atoms with van der Waals surface area (Å²) in [6, 6.07) is 5.71. The molecule has 1 aromatic carbocycles. The van der Waals surface area contributed by atoms with Crippen LogP contribution in [0.4, 0.5) is 5.69 Å². The average Bonchev–Trinajstić information content (AvgIpc) is 2.75. The number of thioether (sulfide) groups is 1. The Morgan fingerprint density at radius 3 is 2.50 bits per heavy atom. The quantitative estimate of drug-likeness (QED) is 0.350. The number of non-ortho nitro benzene ring substituents is 1. The maximum Gasteiger partial charge on any atom is 0.285 e. The van der Waals surface area contributed by atoms with Crippen molar-refractivity contribution in [1.29, 1.82) is 0 Å². The van der Waals surface area contributed by atoms with Gasteiger partial charge in [0.05, 0.1) is 9.83 Å². The minimum absolute atomic E-state index is 0.0297. The normalized spacial score (nSPS) is 15.8. The lowest BCUT2D eigenvalue weighted by Crippen LogP contribution is -2.50. The van der Waals surface area contributed by atoms with Gasteiger partial charge < -0.3 is 0 Å². The van der Waals surface area contributed by atoms with Gasteiger partial charge in [0.1, 0.15) is 0 Å². The van der Waals surface area contributed by atoms with Crippen molar-refractivity contribution in [2.75, 3.05) is 0 Å². The third-order valence-electron chi connectivity index (χ3n) is 2.95. The van der Waals surface area contributed by atoms with E-state index in [1.807, 2.05) is 0 Å². The van der Waals surface area contributed by atoms with Gasteiger partial charge in [0.2, 0.25) is 11.8 Å². The minimum Gasteiger partial charge on any atom is -0.273 e. The maximum atomic E-state index is 12.5. The number of nitro groups is 1. The molecular formula is C14H11N3O5S2. The number of imide groups is 1. The first-order valence-corrected chi connectivity index (χ1v) is 7.78. The first-order valence-electron chi connectivity index (χ1n) is 6.56. The Morgan fingerprint density at radius 1 is 1.33 bits per heavy atom. The smallest absolute Gasteiger partial charge is 0.273 e. The number of amides is 3. The summed E-state index contributed by atoms with van der Waals surface area (Å²) < 4.78 is 0.0297. The Hall–Kier alpha value is -2.59. The van der Waals surface area contributed by atoms with Gasteiger partial charge in [0, 0.05) is 26.0 Å². The Labute approximate surface area is 146 Å². The van der Waals surface area contributed by atoms with Gasteiger partial charge in [-0.2, -0.15) is 10.0 Å². The molecule has 0 atom stereocenters. The van der Waals surface area contributed by atoms with Crippen LogP contribution in [0.1, 0.15) is 19.4 Å². The number of carbonyl (C=O) groups excluding carboxylic acids is 3. The van der Waals surface area contributed by atoms with Crippen molar-refractivity contribution in [3.63, 3.8) is 0 Å². The van der Waals surface area contributed by atoms with Crippen molar-refractivity contribution in [1.82, 2.24) is 10.0 Å². The predicted octanol–water partition coefficient (Wildman–Crippen LogP) is 2.11. The molecule has 2 rings (SSSR count). The monoisotopic (exact) mass is 365 g/mol. The standard InChI is InChI=1S/C14H11N3O5S2/c1-8(18)15(9(2)19)16-13(20)12(24-14(16)23)7-10-4-3-5-11(6-10)17(21)22/h3-7H,1-2H3. The van der Waals surface area contributed by atoms with E-state index in [0.717, 1.165) is 30.6 Å². The highest BCUT2D eigenvalue weighted by Gasteiger charge is 2.39. The van der Waals surface area contributed by atoms with Crippen LogP contribution in [0.2, 0.25) is 0 Å². The second-order valence-electron chi connectivity index (χ2n) is 4.70. The molecule has 0 saturated carbocycles. The lowest BCUT2D eigenvalue weighted by atomic mass is 10.2. The first kappa shape index (κ1) is 17.8. The molecule has 1 saturated heterocycles. The molecule has 0 bridgehead atoms. The topological polar surface area (TPSA) is 101 Å². The number of benzene rings is 1. The summed E-state index contributed by atoms with van der Waals surface area (Å²) in [7, 11) is 0. The van der Waals surface area contributed by atoms with Crippen LogP contribution in [0, 0.1) is 10.1 Å². The molecule has 0 aromatic heterocycles. The van der Waals surface area contributed by atoms with Gasteiger partial charge >= 0.3 is 0 Å². The molecule has 0 radical (unpaired) electrons. The lowest BCUT2D eigenvalue weighted by molar-refractivity contribution is -0.384. The van der Waals surface area contributed by atoms with Gasteiger partial charge in [0.25, 0.3) is 11.6 Å². The summed E-state index contributed by atoms with van der Waals surface area (Å²) in [4.78, 5) is 46.1. The Kier molecular flexibility index (Phi) is 5.10. The Bertz CT molecular complexity index is 791. The van der Waals surface area contributed by atoms with Crippen LogP contribution in [0.25, 0.3) is 6.08 Å². The molecule has 0 aliphatic carbocycles. The molecule has 1 aromatic rings. The Morgan fingerprint density at radius 2 is 1.96 bits per heavy atom. The lowest BCUT2D eigenvalue weighted by Gasteiger charge is -2.26. The summed E-state index contributed by atoms with van der Waals surface area (Å²) in [5, 5.41) is 12.3. The van der Waals surface area contributed by atoms with E-state index in [-0.39, 0.29) is 14.9 Å². The number of hydrogen-bond acceptors (Lipinski definition) is 7. The molecule has 1 aliphatic rings. The van der Waals surface area contributed by atoms with E-state index in [0.29, 0.717) is 10.6 Å². The third kappa shape index (κ3) is 3.49. The van der Waals surface area contributed by atoms with Crippen molar-refractivity contribution in [2.45, 2.75) is 13.8 Å². The van der Waals surface area contributed by atoms with Crippen LogP contribution in [0.15, 0.2) is 29.2 Å². The summed E-state index contributed by atoms with van der Waals surface area (Å²) in [5.74, 6) is -1.92. The van der Waals surface area contributed by atoms with Gasteiger partial charge in [-0.25, -0.2) is 0 Å². The van der Waals surface area contributed by atoms with Crippen molar-refractivity contribution in [3.05, 3.63) is 44.8 Å². The molecule has 3 amide bonds. The fourth-order valence-electron chi connectivity index (χ4n) is 2.01. The summed E-state index contributed by atoms with van der Waals surface area (Å²) >= 11 is 5.97. The number of nitrogens with zero attached hydrogens (tertiary/aromatic N) is 3. The van der Waals surface area contributed by atoms with Gasteiger partial charge in [-0.3, -0.25) is 24.5 Å². The fourth-order valence-corrected chi connectivity index (χ4v) is 3.26. The zero-order valence-electron chi connectivity index (χ0n) is 12.6.